The Bertz CT molecular complexity index is 395. The van der Waals surface area contributed by atoms with Crippen LogP contribution in [-0.4, -0.2) is 34.1 Å². The molecule has 1 atom stereocenters. The van der Waals surface area contributed by atoms with Crippen molar-refractivity contribution >= 4 is 11.8 Å². The molecule has 0 bridgehead atoms. The second-order valence-corrected chi connectivity index (χ2v) is 4.26. The smallest absolute Gasteiger partial charge is 0.356 e. The Morgan fingerprint density at radius 1 is 1.56 bits per heavy atom. The van der Waals surface area contributed by atoms with Gasteiger partial charge in [-0.15, -0.1) is 0 Å². The number of piperidine rings is 1. The Morgan fingerprint density at radius 2 is 2.38 bits per heavy atom. The Kier molecular flexibility index (Phi) is 3.03. The number of aromatic nitrogens is 2. The Hall–Kier alpha value is -1.65. The maximum atomic E-state index is 10.8. The molecule has 1 aliphatic heterocycles. The minimum absolute atomic E-state index is 0.00993. The number of carboxylic acids is 1. The van der Waals surface area contributed by atoms with Gasteiger partial charge in [0.05, 0.1) is 12.4 Å². The second-order valence-electron chi connectivity index (χ2n) is 4.26. The molecule has 2 heterocycles. The van der Waals surface area contributed by atoms with Gasteiger partial charge in [-0.2, -0.15) is 0 Å². The van der Waals surface area contributed by atoms with Crippen LogP contribution in [0.1, 0.15) is 30.3 Å². The summed E-state index contributed by atoms with van der Waals surface area (Å²) >= 11 is 0. The number of aromatic carboxylic acids is 1. The highest BCUT2D eigenvalue weighted by molar-refractivity contribution is 5.85. The molecule has 1 aromatic heterocycles. The predicted octanol–water partition coefficient (Wildman–Crippen LogP) is 1.41. The van der Waals surface area contributed by atoms with Crippen LogP contribution in [0.25, 0.3) is 0 Å². The first-order valence-electron chi connectivity index (χ1n) is 5.47. The number of hydrogen-bond acceptors (Lipinski definition) is 4. The van der Waals surface area contributed by atoms with E-state index >= 15 is 0 Å². The molecule has 16 heavy (non-hydrogen) atoms. The van der Waals surface area contributed by atoms with Crippen LogP contribution < -0.4 is 4.90 Å². The zero-order valence-electron chi connectivity index (χ0n) is 9.26. The number of carboxylic acid groups (broad SMARTS) is 1. The normalized spacial score (nSPS) is 20.8. The fourth-order valence-corrected chi connectivity index (χ4v) is 2.01. The molecule has 0 aliphatic carbocycles. The van der Waals surface area contributed by atoms with E-state index < -0.39 is 5.97 Å². The molecule has 0 aromatic carbocycles. The van der Waals surface area contributed by atoms with Gasteiger partial charge in [0.2, 0.25) is 0 Å². The van der Waals surface area contributed by atoms with Crippen molar-refractivity contribution in [1.29, 1.82) is 0 Å². The van der Waals surface area contributed by atoms with Crippen molar-refractivity contribution in [2.75, 3.05) is 18.0 Å². The minimum Gasteiger partial charge on any atom is -0.476 e. The summed E-state index contributed by atoms with van der Waals surface area (Å²) in [6, 6.07) is 0. The quantitative estimate of drug-likeness (QED) is 0.817. The van der Waals surface area contributed by atoms with E-state index in [4.69, 9.17) is 5.11 Å². The molecule has 1 N–H and O–H groups in total. The van der Waals surface area contributed by atoms with Crippen molar-refractivity contribution in [3.8, 4) is 0 Å². The standard InChI is InChI=1S/C11H15N3O2/c1-8-3-2-4-14(7-8)10-6-12-5-9(13-10)11(15)16/h5-6,8H,2-4,7H2,1H3,(H,15,16). The third-order valence-corrected chi connectivity index (χ3v) is 2.82. The van der Waals surface area contributed by atoms with Gasteiger partial charge in [-0.1, -0.05) is 6.92 Å². The maximum absolute atomic E-state index is 10.8. The van der Waals surface area contributed by atoms with Gasteiger partial charge in [0, 0.05) is 13.1 Å². The van der Waals surface area contributed by atoms with Crippen molar-refractivity contribution in [2.24, 2.45) is 5.92 Å². The van der Waals surface area contributed by atoms with Crippen LogP contribution in [0.2, 0.25) is 0 Å². The predicted molar refractivity (Wildman–Crippen MR) is 59.6 cm³/mol. The van der Waals surface area contributed by atoms with Gasteiger partial charge in [-0.3, -0.25) is 4.98 Å². The van der Waals surface area contributed by atoms with Crippen LogP contribution in [-0.2, 0) is 0 Å². The second kappa shape index (κ2) is 4.47. The zero-order chi connectivity index (χ0) is 11.5. The average Bonchev–Trinajstić information content (AvgIpc) is 2.29. The molecule has 0 radical (unpaired) electrons. The molecule has 2 rings (SSSR count). The summed E-state index contributed by atoms with van der Waals surface area (Å²) in [5, 5.41) is 8.84. The van der Waals surface area contributed by atoms with Gasteiger partial charge in [-0.25, -0.2) is 9.78 Å². The number of nitrogens with zero attached hydrogens (tertiary/aromatic N) is 3. The highest BCUT2D eigenvalue weighted by Crippen LogP contribution is 2.20. The fourth-order valence-electron chi connectivity index (χ4n) is 2.01. The topological polar surface area (TPSA) is 66.3 Å². The highest BCUT2D eigenvalue weighted by atomic mass is 16.4. The minimum atomic E-state index is -1.03. The van der Waals surface area contributed by atoms with E-state index in [-0.39, 0.29) is 5.69 Å². The molecule has 1 aromatic rings. The van der Waals surface area contributed by atoms with Gasteiger partial charge in [0.1, 0.15) is 5.82 Å². The van der Waals surface area contributed by atoms with Crippen LogP contribution in [0.4, 0.5) is 5.82 Å². The van der Waals surface area contributed by atoms with Crippen LogP contribution >= 0.6 is 0 Å². The molecule has 1 unspecified atom stereocenters. The highest BCUT2D eigenvalue weighted by Gasteiger charge is 2.18. The average molecular weight is 221 g/mol. The van der Waals surface area contributed by atoms with Crippen LogP contribution in [0.5, 0.6) is 0 Å². The lowest BCUT2D eigenvalue weighted by atomic mass is 10.0. The summed E-state index contributed by atoms with van der Waals surface area (Å²) in [6.07, 6.45) is 5.26. The fraction of sp³-hybridized carbons (Fsp3) is 0.545. The molecular formula is C11H15N3O2. The van der Waals surface area contributed by atoms with Crippen molar-refractivity contribution in [3.63, 3.8) is 0 Å². The Morgan fingerprint density at radius 3 is 3.06 bits per heavy atom. The number of anilines is 1. The van der Waals surface area contributed by atoms with Gasteiger partial charge in [-0.05, 0) is 18.8 Å². The van der Waals surface area contributed by atoms with E-state index in [1.54, 1.807) is 6.20 Å². The summed E-state index contributed by atoms with van der Waals surface area (Å²) in [6.45, 7) is 4.06. The third-order valence-electron chi connectivity index (χ3n) is 2.82. The van der Waals surface area contributed by atoms with E-state index in [2.05, 4.69) is 21.8 Å². The first-order chi connectivity index (χ1) is 7.66. The SMILES string of the molecule is CC1CCCN(c2cncc(C(=O)O)n2)C1. The summed E-state index contributed by atoms with van der Waals surface area (Å²) in [5.74, 6) is 0.273. The maximum Gasteiger partial charge on any atom is 0.356 e. The largest absolute Gasteiger partial charge is 0.476 e. The van der Waals surface area contributed by atoms with Crippen molar-refractivity contribution in [3.05, 3.63) is 18.1 Å². The zero-order valence-corrected chi connectivity index (χ0v) is 9.26. The van der Waals surface area contributed by atoms with Crippen LogP contribution in [0, 0.1) is 5.92 Å². The van der Waals surface area contributed by atoms with Gasteiger partial charge >= 0.3 is 5.97 Å². The van der Waals surface area contributed by atoms with Gasteiger partial charge in [0.25, 0.3) is 0 Å². The van der Waals surface area contributed by atoms with E-state index in [0.29, 0.717) is 11.7 Å². The Labute approximate surface area is 94.1 Å². The lowest BCUT2D eigenvalue weighted by molar-refractivity contribution is 0.0690. The molecule has 5 heteroatoms. The molecule has 1 aliphatic rings. The Balaban J connectivity index is 2.19. The number of rotatable bonds is 2. The molecule has 0 amide bonds. The summed E-state index contributed by atoms with van der Waals surface area (Å²) < 4.78 is 0. The molecule has 1 saturated heterocycles. The molecule has 1 fully saturated rings. The van der Waals surface area contributed by atoms with E-state index in [9.17, 15) is 4.79 Å². The van der Waals surface area contributed by atoms with Crippen molar-refractivity contribution in [2.45, 2.75) is 19.8 Å². The third kappa shape index (κ3) is 2.29. The number of carbonyl (C=O) groups is 1. The van der Waals surface area contributed by atoms with Crippen LogP contribution in [0.3, 0.4) is 0 Å². The van der Waals surface area contributed by atoms with Crippen molar-refractivity contribution < 1.29 is 9.90 Å². The summed E-state index contributed by atoms with van der Waals surface area (Å²) in [7, 11) is 0. The molecule has 0 spiro atoms. The van der Waals surface area contributed by atoms with E-state index in [1.165, 1.54) is 12.6 Å². The molecule has 0 saturated carbocycles. The van der Waals surface area contributed by atoms with Gasteiger partial charge < -0.3 is 10.0 Å². The molecule has 86 valence electrons. The molecular weight excluding hydrogens is 206 g/mol. The molecule has 5 nitrogen and oxygen atoms in total. The first kappa shape index (κ1) is 10.9. The lowest BCUT2D eigenvalue weighted by Crippen LogP contribution is -2.35. The first-order valence-corrected chi connectivity index (χ1v) is 5.47. The summed E-state index contributed by atoms with van der Waals surface area (Å²) in [5.41, 5.74) is 0.00993. The van der Waals surface area contributed by atoms with Gasteiger partial charge in [0.15, 0.2) is 5.69 Å². The van der Waals surface area contributed by atoms with E-state index in [1.807, 2.05) is 0 Å². The van der Waals surface area contributed by atoms with Crippen LogP contribution in [0.15, 0.2) is 12.4 Å². The monoisotopic (exact) mass is 221 g/mol. The number of hydrogen-bond donors (Lipinski definition) is 1. The summed E-state index contributed by atoms with van der Waals surface area (Å²) in [4.78, 5) is 20.9. The van der Waals surface area contributed by atoms with E-state index in [0.717, 1.165) is 19.5 Å². The lowest BCUT2D eigenvalue weighted by Gasteiger charge is -2.31. The van der Waals surface area contributed by atoms with Crippen molar-refractivity contribution in [1.82, 2.24) is 9.97 Å².